The number of sulfonamides is 1. The van der Waals surface area contributed by atoms with Crippen molar-refractivity contribution in [2.75, 3.05) is 6.54 Å². The number of carbonyl (C=O) groups is 1. The second kappa shape index (κ2) is 7.14. The predicted molar refractivity (Wildman–Crippen MR) is 77.3 cm³/mol. The van der Waals surface area contributed by atoms with E-state index in [2.05, 4.69) is 21.2 Å². The van der Waals surface area contributed by atoms with Crippen LogP contribution in [0, 0.1) is 5.82 Å². The van der Waals surface area contributed by atoms with Gasteiger partial charge in [-0.3, -0.25) is 4.79 Å². The Morgan fingerprint density at radius 2 is 2.05 bits per heavy atom. The van der Waals surface area contributed by atoms with Gasteiger partial charge in [0.2, 0.25) is 10.0 Å². The van der Waals surface area contributed by atoms with Crippen LogP contribution in [0.3, 0.4) is 0 Å². The number of nitrogens with one attached hydrogen (secondary N) is 1. The third kappa shape index (κ3) is 4.53. The smallest absolute Gasteiger partial charge is 0.252 e. The molecule has 0 bridgehead atoms. The molecule has 1 aromatic carbocycles. The Hall–Kier alpha value is -0.990. The molecule has 0 aliphatic heterocycles. The number of carbonyl (C=O) groups excluding carboxylic acids is 1. The van der Waals surface area contributed by atoms with Crippen molar-refractivity contribution in [3.63, 3.8) is 0 Å². The molecule has 3 N–H and O–H groups in total. The van der Waals surface area contributed by atoms with Crippen LogP contribution in [0.1, 0.15) is 36.5 Å². The van der Waals surface area contributed by atoms with Gasteiger partial charge in [0.25, 0.3) is 5.91 Å². The number of benzene rings is 1. The minimum Gasteiger partial charge on any atom is -0.352 e. The lowest BCUT2D eigenvalue weighted by Crippen LogP contribution is -2.25. The molecule has 0 aliphatic rings. The molecule has 0 radical (unpaired) electrons. The quantitative estimate of drug-likeness (QED) is 0.755. The first-order chi connectivity index (χ1) is 9.27. The molecular weight excluding hydrogens is 351 g/mol. The van der Waals surface area contributed by atoms with Gasteiger partial charge in [0.1, 0.15) is 10.7 Å². The molecule has 5 nitrogen and oxygen atoms in total. The Kier molecular flexibility index (Phi) is 6.09. The third-order valence-electron chi connectivity index (χ3n) is 2.64. The third-order valence-corrected chi connectivity index (χ3v) is 4.22. The molecule has 0 unspecified atom stereocenters. The van der Waals surface area contributed by atoms with E-state index in [0.717, 1.165) is 31.4 Å². The molecule has 0 atom stereocenters. The second-order valence-corrected chi connectivity index (χ2v) is 6.65. The van der Waals surface area contributed by atoms with Crippen molar-refractivity contribution in [1.29, 1.82) is 0 Å². The van der Waals surface area contributed by atoms with E-state index in [9.17, 15) is 17.6 Å². The average Bonchev–Trinajstić information content (AvgIpc) is 2.32. The van der Waals surface area contributed by atoms with E-state index in [-0.39, 0.29) is 10.0 Å². The van der Waals surface area contributed by atoms with Crippen molar-refractivity contribution in [1.82, 2.24) is 5.32 Å². The maximum atomic E-state index is 13.5. The minimum atomic E-state index is -4.21. The first-order valence-corrected chi connectivity index (χ1v) is 8.41. The first-order valence-electron chi connectivity index (χ1n) is 6.07. The van der Waals surface area contributed by atoms with Crippen LogP contribution in [0.15, 0.2) is 21.5 Å². The van der Waals surface area contributed by atoms with Crippen molar-refractivity contribution in [2.24, 2.45) is 5.14 Å². The lowest BCUT2D eigenvalue weighted by molar-refractivity contribution is 0.0952. The van der Waals surface area contributed by atoms with Crippen LogP contribution in [-0.2, 0) is 10.0 Å². The summed E-state index contributed by atoms with van der Waals surface area (Å²) in [7, 11) is -4.21. The molecule has 0 fully saturated rings. The highest BCUT2D eigenvalue weighted by molar-refractivity contribution is 9.10. The molecule has 0 aliphatic carbocycles. The largest absolute Gasteiger partial charge is 0.352 e. The van der Waals surface area contributed by atoms with Gasteiger partial charge in [-0.1, -0.05) is 19.8 Å². The molecule has 0 saturated heterocycles. The zero-order chi connectivity index (χ0) is 15.3. The van der Waals surface area contributed by atoms with Crippen LogP contribution < -0.4 is 10.5 Å². The second-order valence-electron chi connectivity index (χ2n) is 4.27. The summed E-state index contributed by atoms with van der Waals surface area (Å²) in [5.74, 6) is -1.47. The van der Waals surface area contributed by atoms with Gasteiger partial charge in [-0.2, -0.15) is 0 Å². The molecule has 1 aromatic rings. The van der Waals surface area contributed by atoms with Crippen LogP contribution in [-0.4, -0.2) is 20.9 Å². The van der Waals surface area contributed by atoms with Crippen molar-refractivity contribution in [3.05, 3.63) is 28.0 Å². The zero-order valence-corrected chi connectivity index (χ0v) is 13.4. The normalized spacial score (nSPS) is 11.4. The standard InChI is InChI=1S/C12H16BrFN2O3S/c1-2-3-4-5-16-12(17)8-6-11(20(15,18)19)10(14)7-9(8)13/h6-7H,2-5H2,1H3,(H,16,17)(H2,15,18,19). The number of halogens is 2. The highest BCUT2D eigenvalue weighted by Gasteiger charge is 2.20. The lowest BCUT2D eigenvalue weighted by atomic mass is 10.2. The van der Waals surface area contributed by atoms with E-state index in [1.165, 1.54) is 0 Å². The highest BCUT2D eigenvalue weighted by atomic mass is 79.9. The van der Waals surface area contributed by atoms with Crippen LogP contribution >= 0.6 is 15.9 Å². The summed E-state index contributed by atoms with van der Waals surface area (Å²) in [6.07, 6.45) is 2.82. The number of rotatable bonds is 6. The van der Waals surface area contributed by atoms with Crippen molar-refractivity contribution in [2.45, 2.75) is 31.1 Å². The fourth-order valence-corrected chi connectivity index (χ4v) is 2.70. The summed E-state index contributed by atoms with van der Waals surface area (Å²) in [5.41, 5.74) is 0.0342. The van der Waals surface area contributed by atoms with Crippen molar-refractivity contribution >= 4 is 31.9 Å². The van der Waals surface area contributed by atoms with Gasteiger partial charge in [0.15, 0.2) is 0 Å². The Morgan fingerprint density at radius 3 is 2.60 bits per heavy atom. The summed E-state index contributed by atoms with van der Waals surface area (Å²) in [6.45, 7) is 2.51. The number of amides is 1. The monoisotopic (exact) mass is 366 g/mol. The molecular formula is C12H16BrFN2O3S. The van der Waals surface area contributed by atoms with Gasteiger partial charge in [-0.05, 0) is 34.5 Å². The maximum absolute atomic E-state index is 13.5. The van der Waals surface area contributed by atoms with Crippen LogP contribution in [0.5, 0.6) is 0 Å². The van der Waals surface area contributed by atoms with E-state index < -0.39 is 26.6 Å². The summed E-state index contributed by atoms with van der Waals surface area (Å²) in [6, 6.07) is 1.85. The van der Waals surface area contributed by atoms with Gasteiger partial charge in [-0.25, -0.2) is 17.9 Å². The van der Waals surface area contributed by atoms with E-state index in [1.807, 2.05) is 6.92 Å². The summed E-state index contributed by atoms with van der Waals surface area (Å²) < 4.78 is 36.2. The zero-order valence-electron chi connectivity index (χ0n) is 10.9. The predicted octanol–water partition coefficient (Wildman–Crippen LogP) is 2.16. The Balaban J connectivity index is 2.98. The maximum Gasteiger partial charge on any atom is 0.252 e. The Bertz CT molecular complexity index is 605. The van der Waals surface area contributed by atoms with Crippen LogP contribution in [0.4, 0.5) is 4.39 Å². The SMILES string of the molecule is CCCCCNC(=O)c1cc(S(N)(=O)=O)c(F)cc1Br. The van der Waals surface area contributed by atoms with Crippen LogP contribution in [0.2, 0.25) is 0 Å². The molecule has 112 valence electrons. The molecule has 8 heteroatoms. The number of primary sulfonamides is 1. The molecule has 0 spiro atoms. The molecule has 20 heavy (non-hydrogen) atoms. The summed E-state index contributed by atoms with van der Waals surface area (Å²) in [5, 5.41) is 7.55. The van der Waals surface area contributed by atoms with E-state index in [1.54, 1.807) is 0 Å². The van der Waals surface area contributed by atoms with Gasteiger partial charge >= 0.3 is 0 Å². The number of unbranched alkanes of at least 4 members (excludes halogenated alkanes) is 2. The number of hydrogen-bond acceptors (Lipinski definition) is 3. The summed E-state index contributed by atoms with van der Waals surface area (Å²) in [4.78, 5) is 11.2. The topological polar surface area (TPSA) is 89.3 Å². The number of hydrogen-bond donors (Lipinski definition) is 2. The van der Waals surface area contributed by atoms with Crippen LogP contribution in [0.25, 0.3) is 0 Å². The molecule has 0 aromatic heterocycles. The van der Waals surface area contributed by atoms with Crippen molar-refractivity contribution in [3.8, 4) is 0 Å². The molecule has 0 saturated carbocycles. The molecule has 0 heterocycles. The minimum absolute atomic E-state index is 0.0342. The highest BCUT2D eigenvalue weighted by Crippen LogP contribution is 2.23. The summed E-state index contributed by atoms with van der Waals surface area (Å²) >= 11 is 3.03. The van der Waals surface area contributed by atoms with Gasteiger partial charge in [0.05, 0.1) is 5.56 Å². The molecule has 1 amide bonds. The van der Waals surface area contributed by atoms with E-state index in [0.29, 0.717) is 6.54 Å². The van der Waals surface area contributed by atoms with E-state index in [4.69, 9.17) is 5.14 Å². The fraction of sp³-hybridized carbons (Fsp3) is 0.417. The fourth-order valence-electron chi connectivity index (χ4n) is 1.59. The molecule has 1 rings (SSSR count). The Labute approximate surface area is 125 Å². The van der Waals surface area contributed by atoms with Gasteiger partial charge in [-0.15, -0.1) is 0 Å². The average molecular weight is 367 g/mol. The van der Waals surface area contributed by atoms with E-state index >= 15 is 0 Å². The van der Waals surface area contributed by atoms with Gasteiger partial charge in [0, 0.05) is 11.0 Å². The lowest BCUT2D eigenvalue weighted by Gasteiger charge is -2.09. The Morgan fingerprint density at radius 1 is 1.40 bits per heavy atom. The van der Waals surface area contributed by atoms with Crippen molar-refractivity contribution < 1.29 is 17.6 Å². The number of nitrogens with two attached hydrogens (primary N) is 1. The first kappa shape index (κ1) is 17.1. The van der Waals surface area contributed by atoms with Gasteiger partial charge < -0.3 is 5.32 Å².